The van der Waals surface area contributed by atoms with Crippen molar-refractivity contribution in [2.45, 2.75) is 26.2 Å². The van der Waals surface area contributed by atoms with Crippen molar-refractivity contribution < 1.29 is 26.7 Å². The summed E-state index contributed by atoms with van der Waals surface area (Å²) in [4.78, 5) is 16.4. The summed E-state index contributed by atoms with van der Waals surface area (Å²) >= 11 is 0. The first-order valence-corrected chi connectivity index (χ1v) is 6.87. The van der Waals surface area contributed by atoms with Crippen molar-refractivity contribution in [2.24, 2.45) is 0 Å². The van der Waals surface area contributed by atoms with Crippen LogP contribution in [-0.4, -0.2) is 24.0 Å². The molecule has 80 valence electrons. The van der Waals surface area contributed by atoms with Gasteiger partial charge in [0, 0.05) is 0 Å². The van der Waals surface area contributed by atoms with E-state index < -0.39 is 17.9 Å². The van der Waals surface area contributed by atoms with Crippen molar-refractivity contribution in [1.29, 1.82) is 0 Å². The molecular weight excluding hydrogens is 219 g/mol. The topological polar surface area (TPSA) is 101 Å². The van der Waals surface area contributed by atoms with Crippen LogP contribution in [0.4, 0.5) is 0 Å². The Morgan fingerprint density at radius 1 is 1.31 bits per heavy atom. The van der Waals surface area contributed by atoms with Gasteiger partial charge in [-0.25, -0.2) is 4.57 Å². The predicted molar refractivity (Wildman–Crippen MR) is 46.4 cm³/mol. The van der Waals surface area contributed by atoms with Crippen molar-refractivity contribution in [3.05, 3.63) is 0 Å². The summed E-state index contributed by atoms with van der Waals surface area (Å²) < 4.78 is 35.4. The lowest BCUT2D eigenvalue weighted by Gasteiger charge is -2.04. The van der Waals surface area contributed by atoms with Crippen LogP contribution in [0, 0.1) is 0 Å². The SMILES string of the molecule is CCCCCS(=O)(=O)OP(=O)(O)O. The second-order valence-electron chi connectivity index (χ2n) is 2.53. The maximum Gasteiger partial charge on any atom is 0.484 e. The standard InChI is InChI=1S/C5H13O6PS/c1-2-3-4-5-13(9,10)11-12(6,7)8/h2-5H2,1H3,(H2,6,7,8). The van der Waals surface area contributed by atoms with E-state index in [1.807, 2.05) is 6.92 Å². The zero-order chi connectivity index (χ0) is 10.5. The van der Waals surface area contributed by atoms with Crippen LogP contribution in [0.25, 0.3) is 0 Å². The van der Waals surface area contributed by atoms with Crippen LogP contribution in [0.3, 0.4) is 0 Å². The first kappa shape index (κ1) is 13.1. The van der Waals surface area contributed by atoms with Crippen LogP contribution >= 0.6 is 7.82 Å². The molecule has 0 fully saturated rings. The Hall–Kier alpha value is 0.0600. The quantitative estimate of drug-likeness (QED) is 0.514. The molecule has 0 rings (SSSR count). The average molecular weight is 232 g/mol. The highest BCUT2D eigenvalue weighted by Crippen LogP contribution is 2.38. The van der Waals surface area contributed by atoms with Crippen molar-refractivity contribution in [2.75, 3.05) is 5.75 Å². The number of unbranched alkanes of at least 4 members (excludes halogenated alkanes) is 2. The highest BCUT2D eigenvalue weighted by molar-refractivity contribution is 7.90. The molecule has 0 aliphatic heterocycles. The molecular formula is C5H13O6PS. The molecule has 8 heteroatoms. The molecule has 0 aromatic heterocycles. The minimum Gasteiger partial charge on any atom is -0.302 e. The summed E-state index contributed by atoms with van der Waals surface area (Å²) in [6, 6.07) is 0. The fraction of sp³-hybridized carbons (Fsp3) is 1.00. The average Bonchev–Trinajstić information content (AvgIpc) is 1.81. The van der Waals surface area contributed by atoms with Crippen molar-refractivity contribution >= 4 is 17.9 Å². The van der Waals surface area contributed by atoms with Crippen molar-refractivity contribution in [3.8, 4) is 0 Å². The number of rotatable bonds is 6. The Morgan fingerprint density at radius 2 is 1.85 bits per heavy atom. The van der Waals surface area contributed by atoms with Crippen LogP contribution in [0.2, 0.25) is 0 Å². The van der Waals surface area contributed by atoms with E-state index in [1.54, 1.807) is 0 Å². The Balaban J connectivity index is 4.04. The van der Waals surface area contributed by atoms with Crippen LogP contribution in [0.1, 0.15) is 26.2 Å². The van der Waals surface area contributed by atoms with Gasteiger partial charge in [0.25, 0.3) is 10.1 Å². The van der Waals surface area contributed by atoms with E-state index in [-0.39, 0.29) is 5.75 Å². The predicted octanol–water partition coefficient (Wildman–Crippen LogP) is 0.616. The molecule has 0 aliphatic rings. The minimum absolute atomic E-state index is 0.346. The smallest absolute Gasteiger partial charge is 0.302 e. The summed E-state index contributed by atoms with van der Waals surface area (Å²) in [5.74, 6) is -0.355. The van der Waals surface area contributed by atoms with Gasteiger partial charge in [0.2, 0.25) is 0 Å². The van der Waals surface area contributed by atoms with Crippen LogP contribution < -0.4 is 0 Å². The largest absolute Gasteiger partial charge is 0.484 e. The monoisotopic (exact) mass is 232 g/mol. The van der Waals surface area contributed by atoms with E-state index in [2.05, 4.69) is 3.97 Å². The first-order valence-electron chi connectivity index (χ1n) is 3.76. The molecule has 0 aliphatic carbocycles. The summed E-state index contributed by atoms with van der Waals surface area (Å²) in [6.45, 7) is 1.89. The van der Waals surface area contributed by atoms with Crippen molar-refractivity contribution in [1.82, 2.24) is 0 Å². The molecule has 0 atom stereocenters. The molecule has 13 heavy (non-hydrogen) atoms. The zero-order valence-corrected chi connectivity index (χ0v) is 8.92. The number of hydrogen-bond acceptors (Lipinski definition) is 4. The Labute approximate surface area is 77.3 Å². The maximum atomic E-state index is 10.8. The first-order chi connectivity index (χ1) is 5.77. The molecule has 0 amide bonds. The maximum absolute atomic E-state index is 10.8. The summed E-state index contributed by atoms with van der Waals surface area (Å²) in [6.07, 6.45) is 1.86. The van der Waals surface area contributed by atoms with E-state index in [4.69, 9.17) is 9.79 Å². The van der Waals surface area contributed by atoms with Gasteiger partial charge in [-0.3, -0.25) is 0 Å². The molecule has 2 N–H and O–H groups in total. The third-order valence-corrected chi connectivity index (χ3v) is 3.68. The Bertz CT molecular complexity index is 277. The highest BCUT2D eigenvalue weighted by atomic mass is 32.2. The van der Waals surface area contributed by atoms with Crippen LogP contribution in [-0.2, 0) is 18.7 Å². The van der Waals surface area contributed by atoms with E-state index in [0.717, 1.165) is 6.42 Å². The molecule has 0 saturated heterocycles. The van der Waals surface area contributed by atoms with Gasteiger partial charge in [-0.2, -0.15) is 12.4 Å². The molecule has 0 spiro atoms. The lowest BCUT2D eigenvalue weighted by Crippen LogP contribution is -2.08. The summed E-state index contributed by atoms with van der Waals surface area (Å²) in [7, 11) is -9.00. The van der Waals surface area contributed by atoms with Gasteiger partial charge in [0.1, 0.15) is 0 Å². The van der Waals surface area contributed by atoms with Gasteiger partial charge in [0.05, 0.1) is 5.75 Å². The van der Waals surface area contributed by atoms with Gasteiger partial charge in [-0.05, 0) is 6.42 Å². The molecule has 0 saturated carbocycles. The van der Waals surface area contributed by atoms with E-state index in [9.17, 15) is 13.0 Å². The second kappa shape index (κ2) is 5.07. The molecule has 0 aromatic rings. The molecule has 0 aromatic carbocycles. The van der Waals surface area contributed by atoms with Gasteiger partial charge < -0.3 is 9.79 Å². The van der Waals surface area contributed by atoms with E-state index in [1.165, 1.54) is 0 Å². The van der Waals surface area contributed by atoms with Crippen LogP contribution in [0.5, 0.6) is 0 Å². The third kappa shape index (κ3) is 8.39. The van der Waals surface area contributed by atoms with Gasteiger partial charge in [-0.1, -0.05) is 19.8 Å². The summed E-state index contributed by atoms with van der Waals surface area (Å²) in [5.41, 5.74) is 0. The normalized spacial score (nSPS) is 13.2. The van der Waals surface area contributed by atoms with Gasteiger partial charge >= 0.3 is 7.82 Å². The second-order valence-corrected chi connectivity index (χ2v) is 5.64. The zero-order valence-electron chi connectivity index (χ0n) is 7.21. The molecule has 0 unspecified atom stereocenters. The Kier molecular flexibility index (Phi) is 5.09. The number of hydrogen-bond donors (Lipinski definition) is 2. The highest BCUT2D eigenvalue weighted by Gasteiger charge is 2.24. The molecule has 0 bridgehead atoms. The fourth-order valence-electron chi connectivity index (χ4n) is 0.714. The molecule has 6 nitrogen and oxygen atoms in total. The minimum atomic E-state index is -4.92. The molecule has 0 radical (unpaired) electrons. The van der Waals surface area contributed by atoms with E-state index >= 15 is 0 Å². The third-order valence-electron chi connectivity index (χ3n) is 1.21. The fourth-order valence-corrected chi connectivity index (χ4v) is 2.75. The van der Waals surface area contributed by atoms with Gasteiger partial charge in [-0.15, -0.1) is 0 Å². The lowest BCUT2D eigenvalue weighted by molar-refractivity contribution is 0.285. The van der Waals surface area contributed by atoms with Gasteiger partial charge in [0.15, 0.2) is 0 Å². The molecule has 0 heterocycles. The Morgan fingerprint density at radius 3 is 2.23 bits per heavy atom. The lowest BCUT2D eigenvalue weighted by atomic mass is 10.3. The number of phosphoric acid groups is 1. The van der Waals surface area contributed by atoms with Crippen LogP contribution in [0.15, 0.2) is 0 Å². The summed E-state index contributed by atoms with van der Waals surface area (Å²) in [5, 5.41) is 0. The van der Waals surface area contributed by atoms with E-state index in [0.29, 0.717) is 12.8 Å². The van der Waals surface area contributed by atoms with Crippen molar-refractivity contribution in [3.63, 3.8) is 0 Å².